The Kier molecular flexibility index (Phi) is 5.73. The van der Waals surface area contributed by atoms with Gasteiger partial charge in [0.25, 0.3) is 5.69 Å². The smallest absolute Gasteiger partial charge is 0.306 e. The quantitative estimate of drug-likeness (QED) is 0.605. The molecule has 1 amide bonds. The number of benzene rings is 1. The van der Waals surface area contributed by atoms with Crippen LogP contribution in [0, 0.1) is 16.0 Å². The second-order valence-corrected chi connectivity index (χ2v) is 6.06. The van der Waals surface area contributed by atoms with Crippen LogP contribution < -0.4 is 10.2 Å². The second kappa shape index (κ2) is 7.76. The third-order valence-electron chi connectivity index (χ3n) is 4.31. The van der Waals surface area contributed by atoms with Gasteiger partial charge in [0.05, 0.1) is 17.4 Å². The number of aliphatic carboxylic acids is 1. The fraction of sp³-hybridized carbons (Fsp3) is 0.500. The Hall–Kier alpha value is -2.64. The topological polar surface area (TPSA) is 113 Å². The average molecular weight is 335 g/mol. The van der Waals surface area contributed by atoms with Crippen molar-refractivity contribution in [1.82, 2.24) is 5.32 Å². The Balaban J connectivity index is 1.89. The Morgan fingerprint density at radius 3 is 2.50 bits per heavy atom. The van der Waals surface area contributed by atoms with E-state index in [9.17, 15) is 19.7 Å². The molecular weight excluding hydrogens is 314 g/mol. The van der Waals surface area contributed by atoms with Gasteiger partial charge < -0.3 is 15.3 Å². The summed E-state index contributed by atoms with van der Waals surface area (Å²) in [7, 11) is 1.63. The lowest BCUT2D eigenvalue weighted by atomic mass is 9.86. The van der Waals surface area contributed by atoms with Crippen molar-refractivity contribution < 1.29 is 19.6 Å². The first-order valence-corrected chi connectivity index (χ1v) is 7.85. The fourth-order valence-electron chi connectivity index (χ4n) is 3.00. The highest BCUT2D eigenvalue weighted by Crippen LogP contribution is 2.27. The number of nitrogens with one attached hydrogen (secondary N) is 1. The van der Waals surface area contributed by atoms with Gasteiger partial charge in [-0.15, -0.1) is 0 Å². The number of likely N-dealkylation sites (N-methyl/N-ethyl adjacent to an activating group) is 1. The molecule has 0 saturated heterocycles. The van der Waals surface area contributed by atoms with Gasteiger partial charge in [-0.2, -0.15) is 0 Å². The SMILES string of the molecule is CN(CC(=O)NC1CCC(C(=O)O)CC1)c1ccccc1[N+](=O)[O-]. The van der Waals surface area contributed by atoms with E-state index in [1.807, 2.05) is 0 Å². The molecule has 0 atom stereocenters. The number of para-hydroxylation sites is 2. The molecule has 1 aliphatic rings. The number of rotatable bonds is 6. The molecule has 0 unspecified atom stereocenters. The lowest BCUT2D eigenvalue weighted by Crippen LogP contribution is -2.43. The molecule has 8 heteroatoms. The van der Waals surface area contributed by atoms with Gasteiger partial charge in [0.1, 0.15) is 5.69 Å². The van der Waals surface area contributed by atoms with Crippen LogP contribution in [-0.4, -0.2) is 41.5 Å². The third kappa shape index (κ3) is 4.43. The van der Waals surface area contributed by atoms with E-state index in [2.05, 4.69) is 5.32 Å². The standard InChI is InChI=1S/C16H21N3O5/c1-18(13-4-2-3-5-14(13)19(23)24)10-15(20)17-12-8-6-11(7-9-12)16(21)22/h2-5,11-12H,6-10H2,1H3,(H,17,20)(H,21,22). The van der Waals surface area contributed by atoms with Gasteiger partial charge in [-0.25, -0.2) is 0 Å². The van der Waals surface area contributed by atoms with Crippen LogP contribution >= 0.6 is 0 Å². The van der Waals surface area contributed by atoms with Crippen LogP contribution in [0.15, 0.2) is 24.3 Å². The number of amides is 1. The van der Waals surface area contributed by atoms with Crippen molar-refractivity contribution in [2.75, 3.05) is 18.5 Å². The minimum atomic E-state index is -0.782. The second-order valence-electron chi connectivity index (χ2n) is 6.06. The highest BCUT2D eigenvalue weighted by Gasteiger charge is 2.27. The summed E-state index contributed by atoms with van der Waals surface area (Å²) in [6.45, 7) is 0.00368. The van der Waals surface area contributed by atoms with Crippen LogP contribution in [0.4, 0.5) is 11.4 Å². The summed E-state index contributed by atoms with van der Waals surface area (Å²) in [6, 6.07) is 6.23. The Morgan fingerprint density at radius 2 is 1.92 bits per heavy atom. The van der Waals surface area contributed by atoms with E-state index in [-0.39, 0.29) is 30.1 Å². The number of carboxylic acid groups (broad SMARTS) is 1. The number of nitro benzene ring substituents is 1. The largest absolute Gasteiger partial charge is 0.481 e. The molecule has 1 aromatic carbocycles. The van der Waals surface area contributed by atoms with E-state index in [1.54, 1.807) is 25.2 Å². The first-order valence-electron chi connectivity index (χ1n) is 7.85. The van der Waals surface area contributed by atoms with Crippen LogP contribution in [0.2, 0.25) is 0 Å². The van der Waals surface area contributed by atoms with E-state index in [0.29, 0.717) is 31.4 Å². The molecule has 0 aliphatic heterocycles. The molecule has 8 nitrogen and oxygen atoms in total. The molecule has 130 valence electrons. The fourth-order valence-corrected chi connectivity index (χ4v) is 3.00. The summed E-state index contributed by atoms with van der Waals surface area (Å²) in [5.74, 6) is -1.34. The molecule has 1 fully saturated rings. The van der Waals surface area contributed by atoms with Crippen molar-refractivity contribution in [1.29, 1.82) is 0 Å². The number of carbonyl (C=O) groups is 2. The number of nitro groups is 1. The highest BCUT2D eigenvalue weighted by molar-refractivity contribution is 5.82. The minimum absolute atomic E-state index is 0.00368. The molecule has 1 aliphatic carbocycles. The van der Waals surface area contributed by atoms with Crippen molar-refractivity contribution >= 4 is 23.3 Å². The van der Waals surface area contributed by atoms with Crippen LogP contribution in [0.3, 0.4) is 0 Å². The Labute approximate surface area is 139 Å². The zero-order valence-electron chi connectivity index (χ0n) is 13.5. The van der Waals surface area contributed by atoms with Gasteiger partial charge in [0.15, 0.2) is 0 Å². The molecule has 1 aromatic rings. The van der Waals surface area contributed by atoms with Crippen molar-refractivity contribution in [3.8, 4) is 0 Å². The molecule has 0 radical (unpaired) electrons. The predicted molar refractivity (Wildman–Crippen MR) is 87.9 cm³/mol. The molecule has 0 spiro atoms. The van der Waals surface area contributed by atoms with Crippen molar-refractivity contribution in [2.45, 2.75) is 31.7 Å². The Bertz CT molecular complexity index is 626. The monoisotopic (exact) mass is 335 g/mol. The van der Waals surface area contributed by atoms with Crippen LogP contribution in [0.25, 0.3) is 0 Å². The Morgan fingerprint density at radius 1 is 1.29 bits per heavy atom. The number of carboxylic acids is 1. The number of anilines is 1. The van der Waals surface area contributed by atoms with Crippen molar-refractivity contribution in [3.05, 3.63) is 34.4 Å². The van der Waals surface area contributed by atoms with Gasteiger partial charge in [0, 0.05) is 19.2 Å². The lowest BCUT2D eigenvalue weighted by Gasteiger charge is -2.27. The highest BCUT2D eigenvalue weighted by atomic mass is 16.6. The van der Waals surface area contributed by atoms with E-state index in [1.165, 1.54) is 11.0 Å². The van der Waals surface area contributed by atoms with E-state index in [4.69, 9.17) is 5.11 Å². The van der Waals surface area contributed by atoms with Crippen LogP contribution in [-0.2, 0) is 9.59 Å². The summed E-state index contributed by atoms with van der Waals surface area (Å²) in [4.78, 5) is 35.2. The number of nitrogens with zero attached hydrogens (tertiary/aromatic N) is 2. The van der Waals surface area contributed by atoms with Gasteiger partial charge in [-0.05, 0) is 31.7 Å². The zero-order chi connectivity index (χ0) is 17.7. The molecule has 2 N–H and O–H groups in total. The molecule has 0 heterocycles. The first kappa shape index (κ1) is 17.7. The zero-order valence-corrected chi connectivity index (χ0v) is 13.5. The summed E-state index contributed by atoms with van der Waals surface area (Å²) in [5.41, 5.74) is 0.335. The average Bonchev–Trinajstić information content (AvgIpc) is 2.55. The lowest BCUT2D eigenvalue weighted by molar-refractivity contribution is -0.384. The molecular formula is C16H21N3O5. The summed E-state index contributed by atoms with van der Waals surface area (Å²) >= 11 is 0. The maximum Gasteiger partial charge on any atom is 0.306 e. The maximum absolute atomic E-state index is 12.2. The summed E-state index contributed by atoms with van der Waals surface area (Å²) < 4.78 is 0. The normalized spacial score (nSPS) is 20.2. The van der Waals surface area contributed by atoms with Gasteiger partial charge in [-0.3, -0.25) is 19.7 Å². The van der Waals surface area contributed by atoms with E-state index >= 15 is 0 Å². The van der Waals surface area contributed by atoms with Crippen molar-refractivity contribution in [3.63, 3.8) is 0 Å². The van der Waals surface area contributed by atoms with Gasteiger partial charge in [0.2, 0.25) is 5.91 Å². The van der Waals surface area contributed by atoms with E-state index in [0.717, 1.165) is 0 Å². The van der Waals surface area contributed by atoms with Gasteiger partial charge in [-0.1, -0.05) is 12.1 Å². The number of hydrogen-bond donors (Lipinski definition) is 2. The molecule has 24 heavy (non-hydrogen) atoms. The number of hydrogen-bond acceptors (Lipinski definition) is 5. The predicted octanol–water partition coefficient (Wildman–Crippen LogP) is 1.79. The van der Waals surface area contributed by atoms with Crippen LogP contribution in [0.5, 0.6) is 0 Å². The van der Waals surface area contributed by atoms with Crippen molar-refractivity contribution in [2.24, 2.45) is 5.92 Å². The first-order chi connectivity index (χ1) is 11.4. The molecule has 0 bridgehead atoms. The van der Waals surface area contributed by atoms with E-state index < -0.39 is 10.9 Å². The maximum atomic E-state index is 12.2. The summed E-state index contributed by atoms with van der Waals surface area (Å²) in [5, 5.41) is 22.9. The third-order valence-corrected chi connectivity index (χ3v) is 4.31. The van der Waals surface area contributed by atoms with Crippen LogP contribution in [0.1, 0.15) is 25.7 Å². The number of carbonyl (C=O) groups excluding carboxylic acids is 1. The minimum Gasteiger partial charge on any atom is -0.481 e. The molecule has 2 rings (SSSR count). The van der Waals surface area contributed by atoms with Gasteiger partial charge >= 0.3 is 5.97 Å². The summed E-state index contributed by atoms with van der Waals surface area (Å²) in [6.07, 6.45) is 2.39. The molecule has 1 saturated carbocycles. The molecule has 0 aromatic heterocycles.